The highest BCUT2D eigenvalue weighted by atomic mass is 32.1. The van der Waals surface area contributed by atoms with E-state index in [0.717, 1.165) is 0 Å². The van der Waals surface area contributed by atoms with E-state index in [2.05, 4.69) is 150 Å². The lowest BCUT2D eigenvalue weighted by Crippen LogP contribution is -2.34. The van der Waals surface area contributed by atoms with Crippen LogP contribution in [0.4, 0.5) is 11.4 Å². The third kappa shape index (κ3) is 4.60. The van der Waals surface area contributed by atoms with Gasteiger partial charge in [0.15, 0.2) is 0 Å². The van der Waals surface area contributed by atoms with Crippen LogP contribution in [0.1, 0.15) is 68.7 Å². The van der Waals surface area contributed by atoms with E-state index in [9.17, 15) is 0 Å². The summed E-state index contributed by atoms with van der Waals surface area (Å²) >= 11 is 19.3. The van der Waals surface area contributed by atoms with Gasteiger partial charge < -0.3 is 9.80 Å². The Morgan fingerprint density at radius 1 is 0.288 bits per heavy atom. The third-order valence-corrected chi connectivity index (χ3v) is 24.9. The van der Waals surface area contributed by atoms with Crippen molar-refractivity contribution in [3.05, 3.63) is 185 Å². The van der Waals surface area contributed by atoms with Gasteiger partial charge in [0.05, 0.1) is 84.0 Å². The summed E-state index contributed by atoms with van der Waals surface area (Å²) in [6, 6.07) is 38.4. The van der Waals surface area contributed by atoms with E-state index in [1.807, 2.05) is 113 Å². The average Bonchev–Trinajstić information content (AvgIpc) is 4.16. The molecule has 0 aliphatic heterocycles. The second-order valence-electron chi connectivity index (χ2n) is 17.4. The molecular weight excluding hydrogens is 997 g/mol. The predicted molar refractivity (Wildman–Crippen MR) is 295 cm³/mol. The van der Waals surface area contributed by atoms with Crippen molar-refractivity contribution in [3.8, 4) is 39.0 Å². The number of hydrogen-bond donors (Lipinski definition) is 0. The summed E-state index contributed by atoms with van der Waals surface area (Å²) in [5.74, 6) is 0. The largest absolute Gasteiger partial charge is 0.347 e. The molecule has 0 amide bonds. The first-order valence-corrected chi connectivity index (χ1v) is 30.4. The van der Waals surface area contributed by atoms with Crippen LogP contribution in [-0.4, -0.2) is 0 Å². The van der Waals surface area contributed by atoms with Crippen LogP contribution in [0.2, 0.25) is 0 Å². The maximum atomic E-state index is 2.95. The van der Waals surface area contributed by atoms with Gasteiger partial charge >= 0.3 is 0 Å². The number of rotatable bonds is 6. The Balaban J connectivity index is 1.07. The van der Waals surface area contributed by atoms with Crippen LogP contribution in [0, 0.1) is 0 Å². The summed E-state index contributed by atoms with van der Waals surface area (Å²) in [6.45, 7) is 0. The van der Waals surface area contributed by atoms with Gasteiger partial charge in [-0.3, -0.25) is 0 Å². The number of nitrogens with zero attached hydrogens (tertiary/aromatic N) is 2. The lowest BCUT2D eigenvalue weighted by Gasteiger charge is -2.41. The Labute approximate surface area is 418 Å². The topological polar surface area (TPSA) is 6.48 Å². The van der Waals surface area contributed by atoms with Crippen molar-refractivity contribution in [1.82, 2.24) is 0 Å². The minimum absolute atomic E-state index is 0.0430. The molecule has 0 spiro atoms. The van der Waals surface area contributed by atoms with Crippen LogP contribution >= 0.6 is 113 Å². The van der Waals surface area contributed by atoms with Crippen LogP contribution in [0.5, 0.6) is 0 Å². The molecule has 0 unspecified atom stereocenters. The van der Waals surface area contributed by atoms with E-state index in [-0.39, 0.29) is 24.2 Å². The van der Waals surface area contributed by atoms with Gasteiger partial charge in [-0.1, -0.05) is 36.4 Å². The normalized spacial score (nSPS) is 15.0. The molecule has 12 heteroatoms. The first-order valence-electron chi connectivity index (χ1n) is 21.8. The molecule has 0 radical (unpaired) electrons. The van der Waals surface area contributed by atoms with Crippen LogP contribution in [0.15, 0.2) is 140 Å². The molecule has 4 aliphatic carbocycles. The molecule has 3 aromatic carbocycles. The molecule has 66 heavy (non-hydrogen) atoms. The predicted octanol–water partition coefficient (Wildman–Crippen LogP) is 19.6. The van der Waals surface area contributed by atoms with Gasteiger partial charge in [0.25, 0.3) is 0 Å². The van der Waals surface area contributed by atoms with Crippen molar-refractivity contribution in [2.45, 2.75) is 24.2 Å². The summed E-state index contributed by atoms with van der Waals surface area (Å²) < 4.78 is 5.45. The Kier molecular flexibility index (Phi) is 7.63. The SMILES string of the molecule is c1ccc2c(c1)sc1c(N(C3c4ccsc4-c4sccc43)C3c4ccsc4-c4sccc43)c3c(sc4ccccc43)c(N(C3c4ccsc4-c4sccc43)C3c4ccsc4-c4sccc43)c12. The van der Waals surface area contributed by atoms with Gasteiger partial charge in [-0.05, 0) is 148 Å². The van der Waals surface area contributed by atoms with E-state index in [1.165, 1.54) is 135 Å². The summed E-state index contributed by atoms with van der Waals surface area (Å²) in [4.78, 5) is 17.4. The molecule has 0 saturated carbocycles. The highest BCUT2D eigenvalue weighted by Crippen LogP contribution is 2.67. The standard InChI is InChI=1S/C54H28N2S10/c1-3-7-35-25(5-1)37-43(55(39-27-9-17-57-45(27)46-28(39)10-18-58-46)40-29-11-19-59-47(29)48-30(40)12-20-60-48)54-38(26-6-2-4-8-36(26)66-54)44(53(37)65-35)56(41-31-13-21-61-49(31)50-32(41)14-22-62-50)42-33-15-23-63-51(33)52-34(42)16-24-64-52/h1-24,39-42H. The number of hydrogen-bond acceptors (Lipinski definition) is 12. The number of benzene rings is 3. The highest BCUT2D eigenvalue weighted by Gasteiger charge is 2.48. The minimum atomic E-state index is 0.0430. The van der Waals surface area contributed by atoms with E-state index >= 15 is 0 Å². The zero-order valence-corrected chi connectivity index (χ0v) is 42.3. The first-order chi connectivity index (χ1) is 32.8. The lowest BCUT2D eigenvalue weighted by atomic mass is 9.93. The smallest absolute Gasteiger partial charge is 0.0835 e. The number of thiophene rings is 10. The Hall–Kier alpha value is -4.70. The van der Waals surface area contributed by atoms with Crippen molar-refractivity contribution in [3.63, 3.8) is 0 Å². The molecule has 314 valence electrons. The van der Waals surface area contributed by atoms with Crippen molar-refractivity contribution >= 4 is 165 Å². The summed E-state index contributed by atoms with van der Waals surface area (Å²) in [7, 11) is 0. The van der Waals surface area contributed by atoms with Crippen LogP contribution in [-0.2, 0) is 0 Å². The molecule has 10 heterocycles. The summed E-state index contributed by atoms with van der Waals surface area (Å²) in [5.41, 5.74) is 14.3. The Morgan fingerprint density at radius 3 is 0.788 bits per heavy atom. The van der Waals surface area contributed by atoms with Gasteiger partial charge in [-0.2, -0.15) is 0 Å². The number of fused-ring (bicyclic) bond motifs is 18. The molecule has 2 nitrogen and oxygen atoms in total. The van der Waals surface area contributed by atoms with Gasteiger partial charge in [0.1, 0.15) is 0 Å². The molecule has 0 N–H and O–H groups in total. The summed E-state index contributed by atoms with van der Waals surface area (Å²) in [6.07, 6.45) is 0. The summed E-state index contributed by atoms with van der Waals surface area (Å²) in [5, 5.41) is 24.2. The molecule has 0 fully saturated rings. The molecule has 4 aliphatic rings. The van der Waals surface area contributed by atoms with Crippen LogP contribution < -0.4 is 9.80 Å². The van der Waals surface area contributed by atoms with Crippen molar-refractivity contribution in [2.24, 2.45) is 0 Å². The van der Waals surface area contributed by atoms with Gasteiger partial charge in [-0.25, -0.2) is 0 Å². The van der Waals surface area contributed by atoms with E-state index in [1.54, 1.807) is 0 Å². The molecule has 0 bridgehead atoms. The van der Waals surface area contributed by atoms with Crippen molar-refractivity contribution in [2.75, 3.05) is 9.80 Å². The fourth-order valence-corrected chi connectivity index (χ4v) is 22.9. The monoisotopic (exact) mass is 1020 g/mol. The molecule has 0 atom stereocenters. The van der Waals surface area contributed by atoms with E-state index in [4.69, 9.17) is 0 Å². The fraction of sp³-hybridized carbons (Fsp3) is 0.0741. The number of anilines is 2. The maximum absolute atomic E-state index is 2.95. The average molecular weight is 1030 g/mol. The van der Waals surface area contributed by atoms with E-state index in [0.29, 0.717) is 0 Å². The Bertz CT molecular complexity index is 3560. The minimum Gasteiger partial charge on any atom is -0.347 e. The van der Waals surface area contributed by atoms with Crippen LogP contribution in [0.3, 0.4) is 0 Å². The Morgan fingerprint density at radius 2 is 0.530 bits per heavy atom. The van der Waals surface area contributed by atoms with Crippen molar-refractivity contribution < 1.29 is 0 Å². The molecule has 0 saturated heterocycles. The lowest BCUT2D eigenvalue weighted by molar-refractivity contribution is 0.658. The van der Waals surface area contributed by atoms with Gasteiger partial charge in [0.2, 0.25) is 0 Å². The first kappa shape index (κ1) is 37.3. The van der Waals surface area contributed by atoms with Crippen LogP contribution in [0.25, 0.3) is 79.4 Å². The van der Waals surface area contributed by atoms with E-state index < -0.39 is 0 Å². The molecule has 10 aromatic heterocycles. The quantitative estimate of drug-likeness (QED) is 0.153. The highest BCUT2D eigenvalue weighted by molar-refractivity contribution is 7.29. The van der Waals surface area contributed by atoms with Crippen molar-refractivity contribution in [1.29, 1.82) is 0 Å². The second kappa shape index (κ2) is 13.5. The zero-order valence-electron chi connectivity index (χ0n) is 34.1. The second-order valence-corrected chi connectivity index (χ2v) is 26.8. The molecule has 13 aromatic rings. The van der Waals surface area contributed by atoms with Gasteiger partial charge in [0, 0.05) is 30.9 Å². The molecule has 17 rings (SSSR count). The maximum Gasteiger partial charge on any atom is 0.0835 e. The third-order valence-electron chi connectivity index (χ3n) is 14.5. The van der Waals surface area contributed by atoms with Gasteiger partial charge in [-0.15, -0.1) is 113 Å². The fourth-order valence-electron chi connectivity index (χ4n) is 12.1. The molecular formula is C54H28N2S10. The zero-order chi connectivity index (χ0) is 42.5.